The number of amides is 1. The maximum Gasteiger partial charge on any atom is 0.280 e. The lowest BCUT2D eigenvalue weighted by atomic mass is 10.2. The van der Waals surface area contributed by atoms with E-state index in [9.17, 15) is 26.7 Å². The minimum Gasteiger partial charge on any atom is -0.288 e. The largest absolute Gasteiger partial charge is 0.288 e. The molecule has 0 aliphatic rings. The molecule has 1 amide bonds. The van der Waals surface area contributed by atoms with Crippen molar-refractivity contribution < 1.29 is 26.7 Å². The van der Waals surface area contributed by atoms with Gasteiger partial charge in [-0.15, -0.1) is 5.10 Å². The van der Waals surface area contributed by atoms with Crippen molar-refractivity contribution >= 4 is 17.5 Å². The summed E-state index contributed by atoms with van der Waals surface area (Å²) in [4.78, 5) is 19.9. The highest BCUT2D eigenvalue weighted by Gasteiger charge is 2.22. The zero-order valence-corrected chi connectivity index (χ0v) is 15.4. The number of carbonyl (C=O) groups is 1. The van der Waals surface area contributed by atoms with Gasteiger partial charge in [0, 0.05) is 6.07 Å². The summed E-state index contributed by atoms with van der Waals surface area (Å²) in [6.45, 7) is 0.188. The van der Waals surface area contributed by atoms with Crippen molar-refractivity contribution in [2.24, 2.45) is 0 Å². The van der Waals surface area contributed by atoms with Crippen LogP contribution >= 0.6 is 0 Å². The second-order valence-electron chi connectivity index (χ2n) is 6.36. The summed E-state index contributed by atoms with van der Waals surface area (Å²) in [5.74, 6) is -1.38. The van der Waals surface area contributed by atoms with Crippen LogP contribution in [0.25, 0.3) is 5.65 Å². The number of anilines is 1. The molecule has 1 N–H and O–H groups in total. The van der Waals surface area contributed by atoms with Crippen molar-refractivity contribution in [2.45, 2.75) is 19.4 Å². The van der Waals surface area contributed by atoms with Gasteiger partial charge >= 0.3 is 0 Å². The molecule has 8 nitrogen and oxygen atoms in total. The zero-order valence-electron chi connectivity index (χ0n) is 15.4. The lowest BCUT2D eigenvalue weighted by Crippen LogP contribution is -2.14. The lowest BCUT2D eigenvalue weighted by Gasteiger charge is -2.06. The van der Waals surface area contributed by atoms with Crippen molar-refractivity contribution in [3.8, 4) is 0 Å². The first-order chi connectivity index (χ1) is 14.8. The van der Waals surface area contributed by atoms with E-state index < -0.39 is 36.0 Å². The van der Waals surface area contributed by atoms with Gasteiger partial charge in [-0.1, -0.05) is 12.1 Å². The van der Waals surface area contributed by atoms with Crippen LogP contribution < -0.4 is 5.32 Å². The summed E-state index contributed by atoms with van der Waals surface area (Å²) in [5, 5.41) is 10.1. The minimum absolute atomic E-state index is 0.117. The van der Waals surface area contributed by atoms with Crippen molar-refractivity contribution in [3.63, 3.8) is 0 Å². The molecule has 160 valence electrons. The van der Waals surface area contributed by atoms with Gasteiger partial charge in [0.2, 0.25) is 5.95 Å². The minimum atomic E-state index is -3.11. The van der Waals surface area contributed by atoms with Crippen molar-refractivity contribution in [2.75, 3.05) is 5.32 Å². The molecule has 0 saturated heterocycles. The molecule has 0 atom stereocenters. The quantitative estimate of drug-likeness (QED) is 0.466. The van der Waals surface area contributed by atoms with E-state index >= 15 is 0 Å². The van der Waals surface area contributed by atoms with Crippen molar-refractivity contribution in [1.82, 2.24) is 29.4 Å². The third-order valence-electron chi connectivity index (χ3n) is 4.15. The highest BCUT2D eigenvalue weighted by molar-refractivity contribution is 6.02. The van der Waals surface area contributed by atoms with Crippen LogP contribution in [0, 0.1) is 5.82 Å². The molecule has 0 bridgehead atoms. The highest BCUT2D eigenvalue weighted by atomic mass is 19.3. The number of carbonyl (C=O) groups excluding carboxylic acids is 1. The number of aromatic nitrogens is 6. The Hall–Kier alpha value is -3.90. The van der Waals surface area contributed by atoms with Crippen LogP contribution in [0.15, 0.2) is 42.7 Å². The lowest BCUT2D eigenvalue weighted by molar-refractivity contribution is 0.101. The molecular weight excluding hydrogens is 425 g/mol. The Morgan fingerprint density at radius 2 is 1.87 bits per heavy atom. The standard InChI is InChI=1S/C18H12F5N7O/c19-10-3-1-2-9(4-10)7-29-8-24-18(28-29)26-17(31)12-6-14-25-11(15(20)21)5-13(16(22)23)30(14)27-12/h1-6,8,15-16H,7H2,(H,26,28,31). The fourth-order valence-corrected chi connectivity index (χ4v) is 2.81. The van der Waals surface area contributed by atoms with Gasteiger partial charge < -0.3 is 0 Å². The Morgan fingerprint density at radius 3 is 2.58 bits per heavy atom. The Morgan fingerprint density at radius 1 is 1.06 bits per heavy atom. The van der Waals surface area contributed by atoms with E-state index in [-0.39, 0.29) is 23.8 Å². The second-order valence-corrected chi connectivity index (χ2v) is 6.36. The fourth-order valence-electron chi connectivity index (χ4n) is 2.81. The van der Waals surface area contributed by atoms with Gasteiger partial charge in [-0.3, -0.25) is 10.1 Å². The Bertz CT molecular complexity index is 1250. The summed E-state index contributed by atoms with van der Waals surface area (Å²) in [7, 11) is 0. The van der Waals surface area contributed by atoms with E-state index in [4.69, 9.17) is 0 Å². The zero-order chi connectivity index (χ0) is 22.1. The fraction of sp³-hybridized carbons (Fsp3) is 0.167. The first-order valence-electron chi connectivity index (χ1n) is 8.72. The van der Waals surface area contributed by atoms with Crippen LogP contribution in [0.5, 0.6) is 0 Å². The Balaban J connectivity index is 1.55. The number of fused-ring (bicyclic) bond motifs is 1. The summed E-state index contributed by atoms with van der Waals surface area (Å²) in [6.07, 6.45) is -4.88. The van der Waals surface area contributed by atoms with E-state index in [1.54, 1.807) is 6.07 Å². The summed E-state index contributed by atoms with van der Waals surface area (Å²) in [5.41, 5.74) is -1.74. The predicted molar refractivity (Wildman–Crippen MR) is 96.4 cm³/mol. The molecule has 1 aromatic carbocycles. The molecule has 0 aliphatic carbocycles. The summed E-state index contributed by atoms with van der Waals surface area (Å²) >= 11 is 0. The second kappa shape index (κ2) is 8.08. The number of nitrogens with one attached hydrogen (secondary N) is 1. The smallest absolute Gasteiger partial charge is 0.280 e. The van der Waals surface area contributed by atoms with Crippen LogP contribution in [0.4, 0.5) is 27.9 Å². The van der Waals surface area contributed by atoms with Gasteiger partial charge in [-0.25, -0.2) is 41.1 Å². The molecule has 3 heterocycles. The average Bonchev–Trinajstić information content (AvgIpc) is 3.33. The monoisotopic (exact) mass is 437 g/mol. The van der Waals surface area contributed by atoms with Gasteiger partial charge in [0.15, 0.2) is 11.3 Å². The Labute approximate surface area is 170 Å². The summed E-state index contributed by atoms with van der Waals surface area (Å²) < 4.78 is 67.5. The average molecular weight is 437 g/mol. The third kappa shape index (κ3) is 4.34. The molecule has 0 fully saturated rings. The highest BCUT2D eigenvalue weighted by Crippen LogP contribution is 2.25. The molecule has 3 aromatic heterocycles. The number of nitrogens with zero attached hydrogens (tertiary/aromatic N) is 6. The molecule has 0 aliphatic heterocycles. The van der Waals surface area contributed by atoms with Crippen molar-refractivity contribution in [1.29, 1.82) is 0 Å². The molecular formula is C18H12F5N7O. The Kier molecular flexibility index (Phi) is 5.31. The normalized spacial score (nSPS) is 11.6. The van der Waals surface area contributed by atoms with E-state index in [1.165, 1.54) is 29.2 Å². The van der Waals surface area contributed by atoms with Gasteiger partial charge in [0.25, 0.3) is 18.8 Å². The number of halogens is 5. The molecule has 0 radical (unpaired) electrons. The molecule has 31 heavy (non-hydrogen) atoms. The third-order valence-corrected chi connectivity index (χ3v) is 4.15. The predicted octanol–water partition coefficient (Wildman–Crippen LogP) is 3.64. The summed E-state index contributed by atoms with van der Waals surface area (Å²) in [6, 6.07) is 7.36. The maximum absolute atomic E-state index is 13.3. The van der Waals surface area contributed by atoms with Crippen LogP contribution in [0.1, 0.15) is 40.3 Å². The first-order valence-corrected chi connectivity index (χ1v) is 8.72. The molecule has 0 unspecified atom stereocenters. The number of alkyl halides is 4. The number of hydrogen-bond acceptors (Lipinski definition) is 5. The van der Waals surface area contributed by atoms with Crippen LogP contribution in [0.2, 0.25) is 0 Å². The van der Waals surface area contributed by atoms with Gasteiger partial charge in [0.05, 0.1) is 6.54 Å². The van der Waals surface area contributed by atoms with E-state index in [0.29, 0.717) is 16.1 Å². The SMILES string of the molecule is O=C(Nc1ncn(Cc2cccc(F)c2)n1)c1cc2nc(C(F)F)cc(C(F)F)n2n1. The molecule has 0 spiro atoms. The van der Waals surface area contributed by atoms with Gasteiger partial charge in [0.1, 0.15) is 23.5 Å². The molecule has 0 saturated carbocycles. The van der Waals surface area contributed by atoms with Crippen LogP contribution in [0.3, 0.4) is 0 Å². The first kappa shape index (κ1) is 20.4. The number of benzene rings is 1. The van der Waals surface area contributed by atoms with E-state index in [0.717, 1.165) is 6.07 Å². The van der Waals surface area contributed by atoms with Crippen LogP contribution in [-0.2, 0) is 6.54 Å². The number of rotatable bonds is 6. The van der Waals surface area contributed by atoms with Gasteiger partial charge in [-0.2, -0.15) is 5.10 Å². The molecule has 4 aromatic rings. The van der Waals surface area contributed by atoms with Gasteiger partial charge in [-0.05, 0) is 23.8 Å². The molecule has 4 rings (SSSR count). The van der Waals surface area contributed by atoms with Crippen molar-refractivity contribution in [3.05, 3.63) is 71.2 Å². The maximum atomic E-state index is 13.3. The van der Waals surface area contributed by atoms with E-state index in [1.807, 2.05) is 0 Å². The topological polar surface area (TPSA) is 90.0 Å². The molecule has 13 heteroatoms. The van der Waals surface area contributed by atoms with E-state index in [2.05, 4.69) is 25.5 Å². The van der Waals surface area contributed by atoms with Crippen LogP contribution in [-0.4, -0.2) is 35.3 Å². The number of hydrogen-bond donors (Lipinski definition) is 1.